The van der Waals surface area contributed by atoms with Gasteiger partial charge in [0.2, 0.25) is 0 Å². The minimum absolute atomic E-state index is 0.0160. The number of carboxylic acid groups (broad SMARTS) is 1. The summed E-state index contributed by atoms with van der Waals surface area (Å²) < 4.78 is 40.3. The summed E-state index contributed by atoms with van der Waals surface area (Å²) in [4.78, 5) is 10.9. The summed E-state index contributed by atoms with van der Waals surface area (Å²) in [6.45, 7) is 1.63. The smallest absolute Gasteiger partial charge is 0.422 e. The van der Waals surface area contributed by atoms with Crippen LogP contribution < -0.4 is 4.74 Å². The van der Waals surface area contributed by atoms with Crippen LogP contribution in [0.4, 0.5) is 13.2 Å². The van der Waals surface area contributed by atoms with Crippen molar-refractivity contribution in [1.82, 2.24) is 0 Å². The molecule has 94 valence electrons. The van der Waals surface area contributed by atoms with Crippen LogP contribution in [0.1, 0.15) is 21.5 Å². The van der Waals surface area contributed by atoms with E-state index >= 15 is 0 Å². The minimum atomic E-state index is -4.41. The summed E-state index contributed by atoms with van der Waals surface area (Å²) in [6.07, 6.45) is -4.41. The first-order chi connectivity index (χ1) is 7.70. The van der Waals surface area contributed by atoms with Crippen LogP contribution in [0.15, 0.2) is 12.1 Å². The lowest BCUT2D eigenvalue weighted by atomic mass is 10.0. The molecule has 0 aliphatic rings. The standard InChI is InChI=1S/C11H11F3O3/c1-6-3-8(17-5-11(12,13)14)4-7(2)9(6)10(15)16/h3-4H,5H2,1-2H3,(H,15,16). The molecule has 1 aromatic rings. The molecule has 0 spiro atoms. The van der Waals surface area contributed by atoms with Crippen molar-refractivity contribution in [2.24, 2.45) is 0 Å². The predicted molar refractivity (Wildman–Crippen MR) is 54.4 cm³/mol. The average Bonchev–Trinajstić information content (AvgIpc) is 2.11. The Morgan fingerprint density at radius 2 is 1.76 bits per heavy atom. The number of carbonyl (C=O) groups is 1. The molecular formula is C11H11F3O3. The van der Waals surface area contributed by atoms with Gasteiger partial charge < -0.3 is 9.84 Å². The van der Waals surface area contributed by atoms with E-state index in [1.807, 2.05) is 0 Å². The van der Waals surface area contributed by atoms with Crippen molar-refractivity contribution in [2.45, 2.75) is 20.0 Å². The molecule has 0 bridgehead atoms. The third kappa shape index (κ3) is 3.65. The Bertz CT molecular complexity index is 415. The molecule has 0 aromatic heterocycles. The van der Waals surface area contributed by atoms with Crippen molar-refractivity contribution in [3.8, 4) is 5.75 Å². The second-order valence-corrected chi connectivity index (χ2v) is 3.64. The van der Waals surface area contributed by atoms with E-state index in [0.29, 0.717) is 11.1 Å². The van der Waals surface area contributed by atoms with Crippen molar-refractivity contribution in [1.29, 1.82) is 0 Å². The monoisotopic (exact) mass is 248 g/mol. The summed E-state index contributed by atoms with van der Waals surface area (Å²) in [5.41, 5.74) is 0.828. The summed E-state index contributed by atoms with van der Waals surface area (Å²) >= 11 is 0. The van der Waals surface area contributed by atoms with Gasteiger partial charge in [0.1, 0.15) is 5.75 Å². The van der Waals surface area contributed by atoms with Crippen molar-refractivity contribution in [2.75, 3.05) is 6.61 Å². The molecule has 0 aliphatic carbocycles. The number of ether oxygens (including phenoxy) is 1. The zero-order valence-electron chi connectivity index (χ0n) is 9.26. The van der Waals surface area contributed by atoms with Gasteiger partial charge in [-0.25, -0.2) is 4.79 Å². The topological polar surface area (TPSA) is 46.5 Å². The van der Waals surface area contributed by atoms with Gasteiger partial charge in [-0.2, -0.15) is 13.2 Å². The molecule has 6 heteroatoms. The van der Waals surface area contributed by atoms with Crippen LogP contribution in [-0.2, 0) is 0 Å². The zero-order valence-corrected chi connectivity index (χ0v) is 9.26. The molecule has 1 N–H and O–H groups in total. The molecule has 0 amide bonds. The number of rotatable bonds is 3. The molecule has 3 nitrogen and oxygen atoms in total. The number of hydrogen-bond acceptors (Lipinski definition) is 2. The van der Waals surface area contributed by atoms with E-state index in [9.17, 15) is 18.0 Å². The minimum Gasteiger partial charge on any atom is -0.484 e. The second-order valence-electron chi connectivity index (χ2n) is 3.64. The van der Waals surface area contributed by atoms with Gasteiger partial charge in [-0.1, -0.05) is 0 Å². The lowest BCUT2D eigenvalue weighted by Crippen LogP contribution is -2.19. The van der Waals surface area contributed by atoms with Crippen LogP contribution in [-0.4, -0.2) is 23.9 Å². The molecule has 0 radical (unpaired) electrons. The maximum atomic E-state index is 11.9. The quantitative estimate of drug-likeness (QED) is 0.894. The molecule has 1 aromatic carbocycles. The van der Waals surface area contributed by atoms with E-state index in [2.05, 4.69) is 4.74 Å². The van der Waals surface area contributed by atoms with E-state index in [-0.39, 0.29) is 11.3 Å². The van der Waals surface area contributed by atoms with Gasteiger partial charge in [0.25, 0.3) is 0 Å². The highest BCUT2D eigenvalue weighted by atomic mass is 19.4. The summed E-state index contributed by atoms with van der Waals surface area (Å²) in [5, 5.41) is 8.88. The molecule has 0 aliphatic heterocycles. The van der Waals surface area contributed by atoms with Crippen LogP contribution in [0.2, 0.25) is 0 Å². The molecule has 1 rings (SSSR count). The highest BCUT2D eigenvalue weighted by Gasteiger charge is 2.28. The summed E-state index contributed by atoms with van der Waals surface area (Å²) in [7, 11) is 0. The molecule has 0 fully saturated rings. The Balaban J connectivity index is 2.95. The number of halogens is 3. The van der Waals surface area contributed by atoms with Gasteiger partial charge in [0, 0.05) is 0 Å². The van der Waals surface area contributed by atoms with E-state index in [1.54, 1.807) is 0 Å². The average molecular weight is 248 g/mol. The van der Waals surface area contributed by atoms with Gasteiger partial charge in [-0.05, 0) is 37.1 Å². The van der Waals surface area contributed by atoms with Crippen molar-refractivity contribution >= 4 is 5.97 Å². The van der Waals surface area contributed by atoms with Gasteiger partial charge >= 0.3 is 12.1 Å². The number of alkyl halides is 3. The Labute approximate surface area is 95.8 Å². The third-order valence-electron chi connectivity index (χ3n) is 2.12. The lowest BCUT2D eigenvalue weighted by Gasteiger charge is -2.12. The predicted octanol–water partition coefficient (Wildman–Crippen LogP) is 2.94. The van der Waals surface area contributed by atoms with Crippen molar-refractivity contribution in [3.05, 3.63) is 28.8 Å². The fourth-order valence-electron chi connectivity index (χ4n) is 1.51. The lowest BCUT2D eigenvalue weighted by molar-refractivity contribution is -0.153. The van der Waals surface area contributed by atoms with Crippen LogP contribution in [0.5, 0.6) is 5.75 Å². The Morgan fingerprint density at radius 3 is 2.12 bits per heavy atom. The number of hydrogen-bond donors (Lipinski definition) is 1. The molecule has 0 atom stereocenters. The van der Waals surface area contributed by atoms with Crippen LogP contribution in [0, 0.1) is 13.8 Å². The first kappa shape index (κ1) is 13.3. The molecule has 0 unspecified atom stereocenters. The Kier molecular flexibility index (Phi) is 3.65. The summed E-state index contributed by atoms with van der Waals surface area (Å²) in [6, 6.07) is 2.56. The number of aromatic carboxylic acids is 1. The van der Waals surface area contributed by atoms with Crippen molar-refractivity contribution < 1.29 is 27.8 Å². The maximum absolute atomic E-state index is 11.9. The number of aryl methyl sites for hydroxylation is 2. The molecular weight excluding hydrogens is 237 g/mol. The first-order valence-electron chi connectivity index (χ1n) is 4.75. The van der Waals surface area contributed by atoms with Crippen LogP contribution >= 0.6 is 0 Å². The fraction of sp³-hybridized carbons (Fsp3) is 0.364. The van der Waals surface area contributed by atoms with E-state index in [0.717, 1.165) is 0 Å². The highest BCUT2D eigenvalue weighted by Crippen LogP contribution is 2.24. The van der Waals surface area contributed by atoms with Crippen LogP contribution in [0.25, 0.3) is 0 Å². The molecule has 0 saturated carbocycles. The number of carboxylic acids is 1. The van der Waals surface area contributed by atoms with E-state index in [1.165, 1.54) is 26.0 Å². The van der Waals surface area contributed by atoms with Crippen LogP contribution in [0.3, 0.4) is 0 Å². The highest BCUT2D eigenvalue weighted by molar-refractivity contribution is 5.91. The third-order valence-corrected chi connectivity index (χ3v) is 2.12. The van der Waals surface area contributed by atoms with E-state index < -0.39 is 18.8 Å². The van der Waals surface area contributed by atoms with Gasteiger partial charge in [-0.15, -0.1) is 0 Å². The molecule has 17 heavy (non-hydrogen) atoms. The molecule has 0 saturated heterocycles. The maximum Gasteiger partial charge on any atom is 0.422 e. The number of benzene rings is 1. The Morgan fingerprint density at radius 1 is 1.29 bits per heavy atom. The fourth-order valence-corrected chi connectivity index (χ4v) is 1.51. The zero-order chi connectivity index (χ0) is 13.2. The molecule has 0 heterocycles. The SMILES string of the molecule is Cc1cc(OCC(F)(F)F)cc(C)c1C(=O)O. The van der Waals surface area contributed by atoms with E-state index in [4.69, 9.17) is 5.11 Å². The van der Waals surface area contributed by atoms with Gasteiger partial charge in [0.15, 0.2) is 6.61 Å². The van der Waals surface area contributed by atoms with Gasteiger partial charge in [0.05, 0.1) is 5.56 Å². The van der Waals surface area contributed by atoms with Gasteiger partial charge in [-0.3, -0.25) is 0 Å². The Hall–Kier alpha value is -1.72. The second kappa shape index (κ2) is 4.65. The van der Waals surface area contributed by atoms with Crippen molar-refractivity contribution in [3.63, 3.8) is 0 Å². The summed E-state index contributed by atoms with van der Waals surface area (Å²) in [5.74, 6) is -1.09. The largest absolute Gasteiger partial charge is 0.484 e. The first-order valence-corrected chi connectivity index (χ1v) is 4.75. The normalized spacial score (nSPS) is 11.4.